The maximum Gasteiger partial charge on any atom is 0.231 e. The van der Waals surface area contributed by atoms with Crippen molar-refractivity contribution in [3.8, 4) is 11.5 Å². The Balaban J connectivity index is 1.52. The average molecular weight is 402 g/mol. The van der Waals surface area contributed by atoms with E-state index in [-0.39, 0.29) is 11.5 Å². The number of phenolic OH excluding ortho intramolecular Hbond substituents is 1. The van der Waals surface area contributed by atoms with Gasteiger partial charge in [0, 0.05) is 42.3 Å². The number of carbonyl (C=O) groups is 1. The van der Waals surface area contributed by atoms with Crippen molar-refractivity contribution in [2.24, 2.45) is 7.05 Å². The lowest BCUT2D eigenvalue weighted by Gasteiger charge is -2.33. The fourth-order valence-electron chi connectivity index (χ4n) is 4.67. The van der Waals surface area contributed by atoms with Gasteiger partial charge in [0.2, 0.25) is 5.78 Å². The molecule has 3 aromatic rings. The number of ether oxygens (including phenoxy) is 1. The summed E-state index contributed by atoms with van der Waals surface area (Å²) in [5.41, 5.74) is 3.28. The van der Waals surface area contributed by atoms with E-state index in [9.17, 15) is 9.90 Å². The Kier molecular flexibility index (Phi) is 4.63. The molecule has 0 bridgehead atoms. The molecule has 5 rings (SSSR count). The number of nitrogens with zero attached hydrogens (tertiary/aromatic N) is 2. The lowest BCUT2D eigenvalue weighted by Crippen LogP contribution is -2.36. The molecule has 1 atom stereocenters. The van der Waals surface area contributed by atoms with Crippen LogP contribution in [-0.4, -0.2) is 32.9 Å². The molecule has 0 spiro atoms. The molecule has 154 valence electrons. The molecule has 0 unspecified atom stereocenters. The van der Waals surface area contributed by atoms with E-state index in [4.69, 9.17) is 4.74 Å². The molecule has 0 aliphatic carbocycles. The number of rotatable bonds is 3. The summed E-state index contributed by atoms with van der Waals surface area (Å²) < 4.78 is 8.13. The molecule has 5 heteroatoms. The van der Waals surface area contributed by atoms with Gasteiger partial charge in [-0.1, -0.05) is 24.6 Å². The van der Waals surface area contributed by atoms with Crippen LogP contribution in [0.1, 0.15) is 47.7 Å². The highest BCUT2D eigenvalue weighted by atomic mass is 16.5. The summed E-state index contributed by atoms with van der Waals surface area (Å²) in [6.07, 6.45) is 7.37. The molecule has 1 saturated heterocycles. The van der Waals surface area contributed by atoms with E-state index >= 15 is 0 Å². The van der Waals surface area contributed by atoms with Crippen molar-refractivity contribution in [1.82, 2.24) is 9.47 Å². The molecule has 2 aliphatic heterocycles. The number of Topliss-reactive ketones (excluding diaryl/α,β-unsaturated/α-hetero) is 1. The van der Waals surface area contributed by atoms with Crippen LogP contribution >= 0.6 is 0 Å². The van der Waals surface area contributed by atoms with Gasteiger partial charge in [-0.15, -0.1) is 0 Å². The van der Waals surface area contributed by atoms with Crippen LogP contribution in [0.25, 0.3) is 17.0 Å². The van der Waals surface area contributed by atoms with Crippen molar-refractivity contribution in [2.45, 2.75) is 38.8 Å². The maximum absolute atomic E-state index is 13.1. The van der Waals surface area contributed by atoms with Crippen molar-refractivity contribution in [2.75, 3.05) is 6.54 Å². The van der Waals surface area contributed by atoms with Gasteiger partial charge < -0.3 is 14.4 Å². The molecular formula is C25H26N2O3. The van der Waals surface area contributed by atoms with Crippen LogP contribution in [0.5, 0.6) is 11.5 Å². The van der Waals surface area contributed by atoms with Crippen LogP contribution in [0.4, 0.5) is 0 Å². The van der Waals surface area contributed by atoms with Crippen LogP contribution in [0.2, 0.25) is 0 Å². The minimum atomic E-state index is -0.133. The number of hydrogen-bond donors (Lipinski definition) is 1. The average Bonchev–Trinajstić information content (AvgIpc) is 3.23. The Morgan fingerprint density at radius 1 is 1.20 bits per heavy atom. The smallest absolute Gasteiger partial charge is 0.231 e. The highest BCUT2D eigenvalue weighted by Gasteiger charge is 2.32. The lowest BCUT2D eigenvalue weighted by atomic mass is 10.0. The summed E-state index contributed by atoms with van der Waals surface area (Å²) >= 11 is 0. The minimum absolute atomic E-state index is 0.133. The van der Waals surface area contributed by atoms with Gasteiger partial charge in [-0.2, -0.15) is 0 Å². The van der Waals surface area contributed by atoms with Gasteiger partial charge in [-0.3, -0.25) is 9.69 Å². The number of allylic oxidation sites excluding steroid dienone is 1. The van der Waals surface area contributed by atoms with Gasteiger partial charge in [0.1, 0.15) is 11.5 Å². The first kappa shape index (κ1) is 18.9. The van der Waals surface area contributed by atoms with Crippen LogP contribution in [0.15, 0.2) is 48.4 Å². The summed E-state index contributed by atoms with van der Waals surface area (Å²) in [5.74, 6) is 0.862. The molecule has 0 saturated carbocycles. The summed E-state index contributed by atoms with van der Waals surface area (Å²) in [5, 5.41) is 11.6. The molecule has 1 N–H and O–H groups in total. The van der Waals surface area contributed by atoms with E-state index in [0.717, 1.165) is 35.9 Å². The Morgan fingerprint density at radius 3 is 2.87 bits per heavy atom. The highest BCUT2D eigenvalue weighted by molar-refractivity contribution is 6.15. The third kappa shape index (κ3) is 3.10. The van der Waals surface area contributed by atoms with Crippen LogP contribution in [0, 0.1) is 0 Å². The Bertz CT molecular complexity index is 1170. The van der Waals surface area contributed by atoms with Gasteiger partial charge >= 0.3 is 0 Å². The zero-order chi connectivity index (χ0) is 20.8. The first-order valence-electron chi connectivity index (χ1n) is 10.6. The van der Waals surface area contributed by atoms with Gasteiger partial charge in [0.25, 0.3) is 0 Å². The van der Waals surface area contributed by atoms with Crippen molar-refractivity contribution >= 4 is 22.8 Å². The highest BCUT2D eigenvalue weighted by Crippen LogP contribution is 2.41. The van der Waals surface area contributed by atoms with Gasteiger partial charge in [0.05, 0.1) is 11.1 Å². The quantitative estimate of drug-likeness (QED) is 0.635. The molecule has 2 aromatic carbocycles. The standard InChI is InChI=1S/C25H26N2O3/c1-16-7-5-6-12-27(16)15-20-22(28)11-10-19-24(29)23(30-25(19)20)13-17-14-26(2)21-9-4-3-8-18(17)21/h3-4,8-11,13-14,16,28H,5-7,12,15H2,1-2H3/b23-13-/t16-/m0/s1. The second kappa shape index (κ2) is 7.33. The predicted octanol–water partition coefficient (Wildman–Crippen LogP) is 4.87. The SMILES string of the molecule is C[C@H]1CCCCN1Cc1c(O)ccc2c1O/C(=C\c1cn(C)c3ccccc13)C2=O. The first-order chi connectivity index (χ1) is 14.5. The number of aromatic nitrogens is 1. The number of likely N-dealkylation sites (tertiary alicyclic amines) is 1. The van der Waals surface area contributed by atoms with Gasteiger partial charge in [-0.25, -0.2) is 0 Å². The van der Waals surface area contributed by atoms with Crippen LogP contribution in [0.3, 0.4) is 0 Å². The predicted molar refractivity (Wildman–Crippen MR) is 118 cm³/mol. The van der Waals surface area contributed by atoms with E-state index in [1.165, 1.54) is 6.42 Å². The van der Waals surface area contributed by atoms with E-state index in [0.29, 0.717) is 35.2 Å². The molecule has 1 fully saturated rings. The van der Waals surface area contributed by atoms with Crippen molar-refractivity contribution in [1.29, 1.82) is 0 Å². The number of fused-ring (bicyclic) bond motifs is 2. The Hall–Kier alpha value is -3.05. The van der Waals surface area contributed by atoms with E-state index in [1.807, 2.05) is 42.1 Å². The van der Waals surface area contributed by atoms with Crippen LogP contribution < -0.4 is 4.74 Å². The number of phenols is 1. The number of hydrogen-bond acceptors (Lipinski definition) is 4. The second-order valence-corrected chi connectivity index (χ2v) is 8.41. The first-order valence-corrected chi connectivity index (χ1v) is 10.6. The molecule has 30 heavy (non-hydrogen) atoms. The fraction of sp³-hybridized carbons (Fsp3) is 0.320. The summed E-state index contributed by atoms with van der Waals surface area (Å²) in [4.78, 5) is 15.4. The van der Waals surface area contributed by atoms with Crippen molar-refractivity contribution < 1.29 is 14.6 Å². The van der Waals surface area contributed by atoms with E-state index in [2.05, 4.69) is 17.9 Å². The second-order valence-electron chi connectivity index (χ2n) is 8.41. The number of para-hydroxylation sites is 1. The molecule has 3 heterocycles. The lowest BCUT2D eigenvalue weighted by molar-refractivity contribution is 0.101. The number of piperidine rings is 1. The Labute approximate surface area is 176 Å². The topological polar surface area (TPSA) is 54.7 Å². The number of carbonyl (C=O) groups excluding carboxylic acids is 1. The summed E-state index contributed by atoms with van der Waals surface area (Å²) in [6, 6.07) is 11.8. The van der Waals surface area contributed by atoms with Crippen molar-refractivity contribution in [3.63, 3.8) is 0 Å². The summed E-state index contributed by atoms with van der Waals surface area (Å²) in [7, 11) is 1.99. The normalized spacial score (nSPS) is 20.7. The number of aryl methyl sites for hydroxylation is 1. The van der Waals surface area contributed by atoms with Crippen molar-refractivity contribution in [3.05, 3.63) is 65.0 Å². The monoisotopic (exact) mass is 402 g/mol. The van der Waals surface area contributed by atoms with E-state index in [1.54, 1.807) is 12.1 Å². The molecule has 0 radical (unpaired) electrons. The minimum Gasteiger partial charge on any atom is -0.507 e. The van der Waals surface area contributed by atoms with Crippen LogP contribution in [-0.2, 0) is 13.6 Å². The Morgan fingerprint density at radius 2 is 2.03 bits per heavy atom. The molecule has 1 aromatic heterocycles. The molecule has 0 amide bonds. The zero-order valence-corrected chi connectivity index (χ0v) is 17.4. The number of aromatic hydroxyl groups is 1. The van der Waals surface area contributed by atoms with E-state index < -0.39 is 0 Å². The van der Waals surface area contributed by atoms with Gasteiger partial charge in [-0.05, 0) is 50.6 Å². The van der Waals surface area contributed by atoms with Gasteiger partial charge in [0.15, 0.2) is 5.76 Å². The molecule has 2 aliphatic rings. The third-order valence-corrected chi connectivity index (χ3v) is 6.43. The molecule has 5 nitrogen and oxygen atoms in total. The number of ketones is 1. The largest absolute Gasteiger partial charge is 0.507 e. The number of benzene rings is 2. The fourth-order valence-corrected chi connectivity index (χ4v) is 4.67. The molecular weight excluding hydrogens is 376 g/mol. The summed E-state index contributed by atoms with van der Waals surface area (Å²) in [6.45, 7) is 3.80. The maximum atomic E-state index is 13.1. The zero-order valence-electron chi connectivity index (χ0n) is 17.4. The third-order valence-electron chi connectivity index (χ3n) is 6.43.